The van der Waals surface area contributed by atoms with Gasteiger partial charge in [-0.1, -0.05) is 0 Å². The minimum atomic E-state index is -4.98. The highest BCUT2D eigenvalue weighted by Crippen LogP contribution is 2.42. The topological polar surface area (TPSA) is 0 Å². The van der Waals surface area contributed by atoms with Crippen LogP contribution in [-0.2, 0) is 0 Å². The molecule has 0 fully saturated rings. The molecule has 0 spiro atoms. The normalized spacial score (nSPS) is 29.7. The standard InChI is InChI=1S/C8H7F5/c1-5-4-7(10,8(11,12)13)3-2-6(5)9/h2,4H,3H2,1H3. The van der Waals surface area contributed by atoms with Crippen LogP contribution in [0.15, 0.2) is 23.6 Å². The van der Waals surface area contributed by atoms with Gasteiger partial charge in [0.15, 0.2) is 0 Å². The molecule has 1 aliphatic rings. The predicted molar refractivity (Wildman–Crippen MR) is 37.5 cm³/mol. The van der Waals surface area contributed by atoms with Gasteiger partial charge in [0.05, 0.1) is 0 Å². The molecule has 1 rings (SSSR count). The maximum atomic E-state index is 13.1. The quantitative estimate of drug-likeness (QED) is 0.523. The summed E-state index contributed by atoms with van der Waals surface area (Å²) < 4.78 is 61.8. The molecule has 1 unspecified atom stereocenters. The van der Waals surface area contributed by atoms with Crippen LogP contribution in [0.1, 0.15) is 13.3 Å². The lowest BCUT2D eigenvalue weighted by Crippen LogP contribution is -2.39. The molecule has 0 aromatic heterocycles. The Hall–Kier alpha value is -0.870. The summed E-state index contributed by atoms with van der Waals surface area (Å²) in [6.07, 6.45) is -5.07. The fraction of sp³-hybridized carbons (Fsp3) is 0.500. The van der Waals surface area contributed by atoms with Crippen LogP contribution in [-0.4, -0.2) is 11.8 Å². The first-order chi connectivity index (χ1) is 5.76. The van der Waals surface area contributed by atoms with E-state index in [4.69, 9.17) is 0 Å². The summed E-state index contributed by atoms with van der Waals surface area (Å²) in [7, 11) is 0. The van der Waals surface area contributed by atoms with E-state index in [1.54, 1.807) is 0 Å². The monoisotopic (exact) mass is 198 g/mol. The van der Waals surface area contributed by atoms with Crippen LogP contribution in [0, 0.1) is 0 Å². The largest absolute Gasteiger partial charge is 0.426 e. The summed E-state index contributed by atoms with van der Waals surface area (Å²) in [5.41, 5.74) is -3.72. The number of hydrogen-bond acceptors (Lipinski definition) is 0. The summed E-state index contributed by atoms with van der Waals surface area (Å²) >= 11 is 0. The lowest BCUT2D eigenvalue weighted by Gasteiger charge is -2.26. The molecule has 0 aromatic carbocycles. The van der Waals surface area contributed by atoms with Crippen molar-refractivity contribution in [3.8, 4) is 0 Å². The summed E-state index contributed by atoms with van der Waals surface area (Å²) in [6, 6.07) is 0. The third kappa shape index (κ3) is 1.73. The maximum absolute atomic E-state index is 13.1. The van der Waals surface area contributed by atoms with Crippen LogP contribution in [0.4, 0.5) is 22.0 Å². The summed E-state index contributed by atoms with van der Waals surface area (Å²) in [6.45, 7) is 1.10. The highest BCUT2D eigenvalue weighted by Gasteiger charge is 2.54. The highest BCUT2D eigenvalue weighted by molar-refractivity contribution is 5.32. The number of hydrogen-bond donors (Lipinski definition) is 0. The predicted octanol–water partition coefficient (Wildman–Crippen LogP) is 3.46. The SMILES string of the molecule is CC1=CC(F)(C(F)(F)F)CC=C1F. The van der Waals surface area contributed by atoms with Crippen LogP contribution in [0.25, 0.3) is 0 Å². The molecule has 0 N–H and O–H groups in total. The Balaban J connectivity index is 3.01. The van der Waals surface area contributed by atoms with Gasteiger partial charge in [-0.05, 0) is 24.6 Å². The van der Waals surface area contributed by atoms with Crippen molar-refractivity contribution in [1.82, 2.24) is 0 Å². The van der Waals surface area contributed by atoms with E-state index in [9.17, 15) is 22.0 Å². The highest BCUT2D eigenvalue weighted by atomic mass is 19.4. The minimum Gasteiger partial charge on any atom is -0.229 e. The molecule has 1 aliphatic carbocycles. The molecule has 13 heavy (non-hydrogen) atoms. The molecule has 74 valence electrons. The van der Waals surface area contributed by atoms with Gasteiger partial charge in [-0.25, -0.2) is 8.78 Å². The van der Waals surface area contributed by atoms with E-state index in [2.05, 4.69) is 0 Å². The molecule has 0 aromatic rings. The first-order valence-electron chi connectivity index (χ1n) is 3.57. The van der Waals surface area contributed by atoms with E-state index < -0.39 is 24.1 Å². The van der Waals surface area contributed by atoms with Crippen molar-refractivity contribution in [3.05, 3.63) is 23.6 Å². The number of allylic oxidation sites excluding steroid dienone is 4. The molecule has 1 atom stereocenters. The molecule has 0 aliphatic heterocycles. The second kappa shape index (κ2) is 2.82. The minimum absolute atomic E-state index is 0.280. The van der Waals surface area contributed by atoms with Gasteiger partial charge in [-0.2, -0.15) is 13.2 Å². The van der Waals surface area contributed by atoms with Crippen molar-refractivity contribution in [3.63, 3.8) is 0 Å². The first-order valence-corrected chi connectivity index (χ1v) is 3.57. The average molecular weight is 198 g/mol. The number of halogens is 5. The lowest BCUT2D eigenvalue weighted by molar-refractivity contribution is -0.211. The Morgan fingerprint density at radius 3 is 2.31 bits per heavy atom. The number of alkyl halides is 4. The average Bonchev–Trinajstić information content (AvgIpc) is 1.95. The molecule has 0 amide bonds. The van der Waals surface area contributed by atoms with Gasteiger partial charge in [0.2, 0.25) is 5.67 Å². The molecule has 0 heterocycles. The zero-order chi connectivity index (χ0) is 10.3. The Bertz CT molecular complexity index is 273. The van der Waals surface area contributed by atoms with Gasteiger partial charge in [0.1, 0.15) is 5.83 Å². The fourth-order valence-corrected chi connectivity index (χ4v) is 1.07. The van der Waals surface area contributed by atoms with Crippen LogP contribution in [0.3, 0.4) is 0 Å². The molecular weight excluding hydrogens is 191 g/mol. The zero-order valence-corrected chi connectivity index (χ0v) is 6.75. The third-order valence-corrected chi connectivity index (χ3v) is 1.87. The second-order valence-electron chi connectivity index (χ2n) is 2.94. The van der Waals surface area contributed by atoms with Crippen molar-refractivity contribution >= 4 is 0 Å². The van der Waals surface area contributed by atoms with Gasteiger partial charge >= 0.3 is 6.18 Å². The fourth-order valence-electron chi connectivity index (χ4n) is 1.07. The molecule has 0 saturated carbocycles. The summed E-state index contributed by atoms with van der Waals surface area (Å²) in [5, 5.41) is 0. The lowest BCUT2D eigenvalue weighted by atomic mass is 9.92. The van der Waals surface area contributed by atoms with Crippen molar-refractivity contribution < 1.29 is 22.0 Å². The summed E-state index contributed by atoms with van der Waals surface area (Å²) in [4.78, 5) is 0. The molecule has 0 radical (unpaired) electrons. The van der Waals surface area contributed by atoms with Crippen LogP contribution >= 0.6 is 0 Å². The van der Waals surface area contributed by atoms with Gasteiger partial charge in [0, 0.05) is 6.42 Å². The van der Waals surface area contributed by atoms with E-state index in [1.807, 2.05) is 0 Å². The maximum Gasteiger partial charge on any atom is 0.426 e. The van der Waals surface area contributed by atoms with E-state index >= 15 is 0 Å². The molecule has 0 saturated heterocycles. The molecule has 0 nitrogen and oxygen atoms in total. The summed E-state index contributed by atoms with van der Waals surface area (Å²) in [5.74, 6) is -0.794. The smallest absolute Gasteiger partial charge is 0.229 e. The van der Waals surface area contributed by atoms with Crippen LogP contribution < -0.4 is 0 Å². The first kappa shape index (κ1) is 10.2. The zero-order valence-electron chi connectivity index (χ0n) is 6.75. The number of rotatable bonds is 0. The van der Waals surface area contributed by atoms with Crippen molar-refractivity contribution in [1.29, 1.82) is 0 Å². The van der Waals surface area contributed by atoms with Gasteiger partial charge in [-0.15, -0.1) is 0 Å². The Labute approximate surface area is 71.7 Å². The van der Waals surface area contributed by atoms with Gasteiger partial charge in [-0.3, -0.25) is 0 Å². The van der Waals surface area contributed by atoms with Crippen molar-refractivity contribution in [2.75, 3.05) is 0 Å². The molecule has 0 bridgehead atoms. The molecular formula is C8H7F5. The third-order valence-electron chi connectivity index (χ3n) is 1.87. The Kier molecular flexibility index (Phi) is 2.21. The Morgan fingerprint density at radius 1 is 1.38 bits per heavy atom. The second-order valence-corrected chi connectivity index (χ2v) is 2.94. The van der Waals surface area contributed by atoms with Crippen molar-refractivity contribution in [2.45, 2.75) is 25.2 Å². The van der Waals surface area contributed by atoms with E-state index in [0.29, 0.717) is 6.08 Å². The Morgan fingerprint density at radius 2 is 1.92 bits per heavy atom. The van der Waals surface area contributed by atoms with E-state index in [-0.39, 0.29) is 11.6 Å². The van der Waals surface area contributed by atoms with Crippen LogP contribution in [0.5, 0.6) is 0 Å². The van der Waals surface area contributed by atoms with Crippen molar-refractivity contribution in [2.24, 2.45) is 0 Å². The van der Waals surface area contributed by atoms with Gasteiger partial charge < -0.3 is 0 Å². The van der Waals surface area contributed by atoms with E-state index in [1.165, 1.54) is 0 Å². The van der Waals surface area contributed by atoms with Crippen LogP contribution in [0.2, 0.25) is 0 Å². The van der Waals surface area contributed by atoms with Gasteiger partial charge in [0.25, 0.3) is 0 Å². The van der Waals surface area contributed by atoms with E-state index in [0.717, 1.165) is 6.92 Å². The molecule has 5 heteroatoms.